The van der Waals surface area contributed by atoms with Crippen LogP contribution in [0.5, 0.6) is 5.75 Å². The van der Waals surface area contributed by atoms with E-state index in [1.807, 2.05) is 18.7 Å². The summed E-state index contributed by atoms with van der Waals surface area (Å²) in [4.78, 5) is 13.4. The number of anilines is 1. The number of piperidine rings is 1. The van der Waals surface area contributed by atoms with E-state index in [-0.39, 0.29) is 56.7 Å². The van der Waals surface area contributed by atoms with Crippen LogP contribution in [0, 0.1) is 0 Å². The van der Waals surface area contributed by atoms with Crippen LogP contribution < -0.4 is 9.64 Å². The average Bonchev–Trinajstić information content (AvgIpc) is 3.58. The maximum atomic E-state index is 13.8. The molecule has 3 heterocycles. The minimum Gasteiger partial charge on any atom is -0.489 e. The van der Waals surface area contributed by atoms with E-state index in [2.05, 4.69) is 14.8 Å². The molecule has 0 atom stereocenters. The van der Waals surface area contributed by atoms with Crippen molar-refractivity contribution in [2.75, 3.05) is 18.0 Å². The number of halogens is 6. The first-order valence-electron chi connectivity index (χ1n) is 13.4. The molecule has 5 rings (SSSR count). The molecule has 1 fully saturated rings. The average molecular weight is 674 g/mol. The quantitative estimate of drug-likeness (QED) is 0.194. The van der Waals surface area contributed by atoms with Gasteiger partial charge in [-0.05, 0) is 51.0 Å². The third-order valence-electron chi connectivity index (χ3n) is 7.41. The van der Waals surface area contributed by atoms with Gasteiger partial charge in [0.2, 0.25) is 5.76 Å². The number of carbonyl (C=O) groups is 1. The van der Waals surface area contributed by atoms with Crippen LogP contribution in [-0.2, 0) is 18.4 Å². The molecular formula is C29H26Cl3F3N4O5. The minimum atomic E-state index is -4.86. The topological polar surface area (TPSA) is 114 Å². The molecule has 9 nitrogen and oxygen atoms in total. The predicted molar refractivity (Wildman–Crippen MR) is 158 cm³/mol. The molecule has 0 amide bonds. The summed E-state index contributed by atoms with van der Waals surface area (Å²) in [5, 5.41) is 29.0. The van der Waals surface area contributed by atoms with Crippen LogP contribution in [0.4, 0.5) is 19.0 Å². The molecule has 0 spiro atoms. The van der Waals surface area contributed by atoms with Crippen LogP contribution in [0.15, 0.2) is 47.0 Å². The van der Waals surface area contributed by atoms with Crippen molar-refractivity contribution < 1.29 is 37.4 Å². The van der Waals surface area contributed by atoms with Crippen molar-refractivity contribution in [3.8, 4) is 17.0 Å². The minimum absolute atomic E-state index is 0.0659. The van der Waals surface area contributed by atoms with Crippen molar-refractivity contribution >= 4 is 46.6 Å². The first-order chi connectivity index (χ1) is 20.7. The lowest BCUT2D eigenvalue weighted by atomic mass is 9.84. The van der Waals surface area contributed by atoms with Crippen LogP contribution in [0.3, 0.4) is 0 Å². The molecule has 44 heavy (non-hydrogen) atoms. The SMILES string of the molecule is CC(C)n1nc(C(=O)O)cc1N1CCC(O)(c2ccc(OCc3c(-c4c(Cl)cccc4Cl)noc3C(F)(F)F)cc2Cl)CC1. The summed E-state index contributed by atoms with van der Waals surface area (Å²) < 4.78 is 53.3. The van der Waals surface area contributed by atoms with Gasteiger partial charge >= 0.3 is 12.1 Å². The first kappa shape index (κ1) is 32.0. The molecule has 234 valence electrons. The molecule has 2 aromatic carbocycles. The number of carboxylic acids is 1. The standard InChI is InChI=1S/C29H26Cl3F3N4O5/c1-15(2)39-23(13-22(36-39)27(40)41)38-10-8-28(42,9-11-38)18-7-6-16(12-21(18)32)43-14-17-25(37-44-26(17)29(33,34)35)24-19(30)4-3-5-20(24)31/h3-7,12-13,15,42H,8-11,14H2,1-2H3,(H,40,41). The Kier molecular flexibility index (Phi) is 8.83. The smallest absolute Gasteiger partial charge is 0.452 e. The van der Waals surface area contributed by atoms with E-state index in [0.717, 1.165) is 0 Å². The third-order valence-corrected chi connectivity index (χ3v) is 8.35. The molecule has 0 radical (unpaired) electrons. The fourth-order valence-corrected chi connectivity index (χ4v) is 6.11. The molecule has 1 aliphatic heterocycles. The number of nitrogens with zero attached hydrogens (tertiary/aromatic N) is 4. The number of aliphatic hydroxyl groups is 1. The van der Waals surface area contributed by atoms with Gasteiger partial charge in [-0.25, -0.2) is 9.48 Å². The van der Waals surface area contributed by atoms with Crippen LogP contribution in [0.1, 0.15) is 60.1 Å². The summed E-state index contributed by atoms with van der Waals surface area (Å²) in [6.45, 7) is 3.98. The second-order valence-electron chi connectivity index (χ2n) is 10.6. The molecule has 0 unspecified atom stereocenters. The summed E-state index contributed by atoms with van der Waals surface area (Å²) in [6.07, 6.45) is -4.31. The molecular weight excluding hydrogens is 648 g/mol. The highest BCUT2D eigenvalue weighted by molar-refractivity contribution is 6.39. The lowest BCUT2D eigenvalue weighted by Gasteiger charge is -2.40. The van der Waals surface area contributed by atoms with Gasteiger partial charge in [-0.15, -0.1) is 0 Å². The van der Waals surface area contributed by atoms with Gasteiger partial charge in [-0.2, -0.15) is 18.3 Å². The Labute approximate surface area is 264 Å². The molecule has 0 aliphatic carbocycles. The first-order valence-corrected chi connectivity index (χ1v) is 14.6. The Morgan fingerprint density at radius 1 is 1.09 bits per heavy atom. The number of rotatable bonds is 8. The van der Waals surface area contributed by atoms with E-state index >= 15 is 0 Å². The van der Waals surface area contributed by atoms with E-state index in [0.29, 0.717) is 24.5 Å². The van der Waals surface area contributed by atoms with Gasteiger partial charge < -0.3 is 24.4 Å². The maximum absolute atomic E-state index is 13.8. The van der Waals surface area contributed by atoms with Gasteiger partial charge in [-0.3, -0.25) is 0 Å². The van der Waals surface area contributed by atoms with Crippen molar-refractivity contribution in [3.05, 3.63) is 80.1 Å². The number of aromatic nitrogens is 3. The largest absolute Gasteiger partial charge is 0.489 e. The number of carboxylic acid groups (broad SMARTS) is 1. The fraction of sp³-hybridized carbons (Fsp3) is 0.345. The Balaban J connectivity index is 1.34. The van der Waals surface area contributed by atoms with Crippen LogP contribution in [-0.4, -0.2) is 44.2 Å². The maximum Gasteiger partial charge on any atom is 0.452 e. The number of hydrogen-bond acceptors (Lipinski definition) is 7. The highest BCUT2D eigenvalue weighted by atomic mass is 35.5. The molecule has 0 saturated carbocycles. The monoisotopic (exact) mass is 672 g/mol. The van der Waals surface area contributed by atoms with Crippen molar-refractivity contribution in [2.24, 2.45) is 0 Å². The zero-order chi connectivity index (χ0) is 32.0. The number of alkyl halides is 3. The van der Waals surface area contributed by atoms with Crippen LogP contribution >= 0.6 is 34.8 Å². The molecule has 15 heteroatoms. The van der Waals surface area contributed by atoms with E-state index in [1.54, 1.807) is 16.8 Å². The second-order valence-corrected chi connectivity index (χ2v) is 11.8. The molecule has 0 bridgehead atoms. The van der Waals surface area contributed by atoms with Crippen LogP contribution in [0.2, 0.25) is 15.1 Å². The predicted octanol–water partition coefficient (Wildman–Crippen LogP) is 7.86. The fourth-order valence-electron chi connectivity index (χ4n) is 5.19. The summed E-state index contributed by atoms with van der Waals surface area (Å²) in [5.74, 6) is -1.69. The molecule has 2 N–H and O–H groups in total. The Morgan fingerprint density at radius 2 is 1.75 bits per heavy atom. The van der Waals surface area contributed by atoms with Gasteiger partial charge in [0.25, 0.3) is 0 Å². The highest BCUT2D eigenvalue weighted by Crippen LogP contribution is 2.43. The number of aromatic carboxylic acids is 1. The highest BCUT2D eigenvalue weighted by Gasteiger charge is 2.41. The van der Waals surface area contributed by atoms with Gasteiger partial charge in [0.1, 0.15) is 23.9 Å². The number of hydrogen-bond donors (Lipinski definition) is 2. The van der Waals surface area contributed by atoms with Crippen molar-refractivity contribution in [1.29, 1.82) is 0 Å². The van der Waals surface area contributed by atoms with E-state index in [1.165, 1.54) is 30.3 Å². The van der Waals surface area contributed by atoms with E-state index in [4.69, 9.17) is 39.5 Å². The number of ether oxygens (including phenoxy) is 1. The molecule has 2 aromatic heterocycles. The summed E-state index contributed by atoms with van der Waals surface area (Å²) in [5.41, 5.74) is -1.47. The zero-order valence-corrected chi connectivity index (χ0v) is 25.6. The normalized spacial score (nSPS) is 15.2. The zero-order valence-electron chi connectivity index (χ0n) is 23.3. The van der Waals surface area contributed by atoms with Crippen molar-refractivity contribution in [3.63, 3.8) is 0 Å². The Bertz CT molecular complexity index is 1680. The summed E-state index contributed by atoms with van der Waals surface area (Å²) in [6, 6.07) is 10.4. The van der Waals surface area contributed by atoms with Gasteiger partial charge in [0.05, 0.1) is 26.2 Å². The lowest BCUT2D eigenvalue weighted by Crippen LogP contribution is -2.43. The van der Waals surface area contributed by atoms with E-state index in [9.17, 15) is 28.2 Å². The van der Waals surface area contributed by atoms with Gasteiger partial charge in [0, 0.05) is 36.3 Å². The molecule has 1 saturated heterocycles. The van der Waals surface area contributed by atoms with Crippen LogP contribution in [0.25, 0.3) is 11.3 Å². The van der Waals surface area contributed by atoms with E-state index < -0.39 is 35.7 Å². The van der Waals surface area contributed by atoms with Gasteiger partial charge in [-0.1, -0.05) is 52.1 Å². The Hall–Kier alpha value is -3.45. The van der Waals surface area contributed by atoms with Gasteiger partial charge in [0.15, 0.2) is 5.69 Å². The molecule has 1 aliphatic rings. The summed E-state index contributed by atoms with van der Waals surface area (Å²) >= 11 is 19.0. The second kappa shape index (κ2) is 12.2. The third kappa shape index (κ3) is 6.21. The number of benzene rings is 2. The Morgan fingerprint density at radius 3 is 2.32 bits per heavy atom. The molecule has 4 aromatic rings. The van der Waals surface area contributed by atoms with Crippen molar-refractivity contribution in [2.45, 2.75) is 51.1 Å². The summed E-state index contributed by atoms with van der Waals surface area (Å²) in [7, 11) is 0. The van der Waals surface area contributed by atoms with Crippen molar-refractivity contribution in [1.82, 2.24) is 14.9 Å². The lowest BCUT2D eigenvalue weighted by molar-refractivity contribution is -0.156.